The lowest BCUT2D eigenvalue weighted by molar-refractivity contribution is 0.219. The molecule has 0 saturated heterocycles. The van der Waals surface area contributed by atoms with E-state index in [1.165, 1.54) is 6.42 Å². The predicted molar refractivity (Wildman–Crippen MR) is 73.0 cm³/mol. The molecule has 1 aromatic carbocycles. The van der Waals surface area contributed by atoms with Crippen LogP contribution >= 0.6 is 0 Å². The van der Waals surface area contributed by atoms with E-state index in [1.807, 2.05) is 25.1 Å². The Bertz CT molecular complexity index is 427. The molecule has 2 atom stereocenters. The van der Waals surface area contributed by atoms with E-state index in [0.717, 1.165) is 29.9 Å². The van der Waals surface area contributed by atoms with Gasteiger partial charge in [0.15, 0.2) is 11.5 Å². The summed E-state index contributed by atoms with van der Waals surface area (Å²) in [6.07, 6.45) is 7.87. The average Bonchev–Trinajstić information content (AvgIpc) is 2.40. The summed E-state index contributed by atoms with van der Waals surface area (Å²) in [5.41, 5.74) is 6.92. The van der Waals surface area contributed by atoms with Crippen LogP contribution in [0.2, 0.25) is 0 Å². The predicted octanol–water partition coefficient (Wildman–Crippen LogP) is 3.20. The molecule has 0 radical (unpaired) electrons. The van der Waals surface area contributed by atoms with Crippen molar-refractivity contribution in [2.24, 2.45) is 5.73 Å². The maximum atomic E-state index is 5.96. The molecule has 98 valence electrons. The van der Waals surface area contributed by atoms with Gasteiger partial charge in [-0.25, -0.2) is 0 Å². The molecule has 1 aromatic rings. The van der Waals surface area contributed by atoms with Crippen molar-refractivity contribution in [1.29, 1.82) is 0 Å². The third kappa shape index (κ3) is 3.05. The summed E-state index contributed by atoms with van der Waals surface area (Å²) in [6.45, 7) is 1.96. The fraction of sp³-hybridized carbons (Fsp3) is 0.467. The van der Waals surface area contributed by atoms with Crippen LogP contribution in [0.5, 0.6) is 11.5 Å². The minimum Gasteiger partial charge on any atom is -0.493 e. The summed E-state index contributed by atoms with van der Waals surface area (Å²) in [5, 5.41) is 0. The Morgan fingerprint density at radius 3 is 2.78 bits per heavy atom. The van der Waals surface area contributed by atoms with Crippen molar-refractivity contribution in [2.45, 2.75) is 38.3 Å². The molecule has 3 heteroatoms. The molecule has 0 spiro atoms. The van der Waals surface area contributed by atoms with Crippen LogP contribution in [0.3, 0.4) is 0 Å². The van der Waals surface area contributed by atoms with Crippen molar-refractivity contribution in [2.75, 3.05) is 7.11 Å². The van der Waals surface area contributed by atoms with Gasteiger partial charge >= 0.3 is 0 Å². The fourth-order valence-corrected chi connectivity index (χ4v) is 2.11. The van der Waals surface area contributed by atoms with Crippen LogP contribution < -0.4 is 15.2 Å². The molecular weight excluding hydrogens is 226 g/mol. The maximum absolute atomic E-state index is 5.96. The Labute approximate surface area is 109 Å². The summed E-state index contributed by atoms with van der Waals surface area (Å²) in [5.74, 6) is 1.54. The Kier molecular flexibility index (Phi) is 4.26. The van der Waals surface area contributed by atoms with Crippen molar-refractivity contribution in [1.82, 2.24) is 0 Å². The van der Waals surface area contributed by atoms with Gasteiger partial charge in [0.05, 0.1) is 7.11 Å². The Balaban J connectivity index is 2.16. The summed E-state index contributed by atoms with van der Waals surface area (Å²) < 4.78 is 11.3. The van der Waals surface area contributed by atoms with Crippen molar-refractivity contribution in [3.8, 4) is 11.5 Å². The third-order valence-electron chi connectivity index (χ3n) is 3.20. The molecule has 0 aromatic heterocycles. The number of rotatable bonds is 4. The lowest BCUT2D eigenvalue weighted by atomic mass is 10.1. The van der Waals surface area contributed by atoms with Crippen LogP contribution in [-0.4, -0.2) is 13.2 Å². The zero-order valence-electron chi connectivity index (χ0n) is 11.1. The first-order valence-electron chi connectivity index (χ1n) is 6.47. The maximum Gasteiger partial charge on any atom is 0.162 e. The first-order valence-corrected chi connectivity index (χ1v) is 6.47. The fourth-order valence-electron chi connectivity index (χ4n) is 2.11. The largest absolute Gasteiger partial charge is 0.493 e. The van der Waals surface area contributed by atoms with E-state index < -0.39 is 0 Å². The first kappa shape index (κ1) is 13.0. The van der Waals surface area contributed by atoms with Gasteiger partial charge in [-0.3, -0.25) is 0 Å². The number of hydrogen-bond acceptors (Lipinski definition) is 3. The van der Waals surface area contributed by atoms with Crippen LogP contribution in [-0.2, 0) is 0 Å². The van der Waals surface area contributed by atoms with E-state index in [4.69, 9.17) is 15.2 Å². The Morgan fingerprint density at radius 1 is 1.33 bits per heavy atom. The summed E-state index contributed by atoms with van der Waals surface area (Å²) in [7, 11) is 1.66. The lowest BCUT2D eigenvalue weighted by Crippen LogP contribution is -2.16. The number of methoxy groups -OCH3 is 1. The highest BCUT2D eigenvalue weighted by molar-refractivity contribution is 5.44. The molecule has 0 fully saturated rings. The average molecular weight is 247 g/mol. The zero-order valence-corrected chi connectivity index (χ0v) is 11.1. The van der Waals surface area contributed by atoms with Gasteiger partial charge in [-0.05, 0) is 50.0 Å². The van der Waals surface area contributed by atoms with Gasteiger partial charge < -0.3 is 15.2 Å². The highest BCUT2D eigenvalue weighted by Gasteiger charge is 2.14. The summed E-state index contributed by atoms with van der Waals surface area (Å²) in [6, 6.07) is 5.89. The second kappa shape index (κ2) is 5.91. The SMILES string of the molecule is COc1cc([C@H](C)N)ccc1OC1C=CCCC1. The van der Waals surface area contributed by atoms with Gasteiger partial charge in [0.1, 0.15) is 6.10 Å². The van der Waals surface area contributed by atoms with Crippen molar-refractivity contribution < 1.29 is 9.47 Å². The van der Waals surface area contributed by atoms with Gasteiger partial charge in [-0.1, -0.05) is 12.1 Å². The number of ether oxygens (including phenoxy) is 2. The summed E-state index contributed by atoms with van der Waals surface area (Å²) >= 11 is 0. The number of allylic oxidation sites excluding steroid dienone is 1. The van der Waals surface area contributed by atoms with E-state index in [0.29, 0.717) is 0 Å². The molecule has 0 amide bonds. The number of nitrogens with two attached hydrogens (primary N) is 1. The standard InChI is InChI=1S/C15H21NO2/c1-11(16)12-8-9-14(15(10-12)17-2)18-13-6-4-3-5-7-13/h4,6,8-11,13H,3,5,7,16H2,1-2H3/t11-,13?/m0/s1. The first-order chi connectivity index (χ1) is 8.70. The van der Waals surface area contributed by atoms with E-state index in [1.54, 1.807) is 7.11 Å². The lowest BCUT2D eigenvalue weighted by Gasteiger charge is -2.20. The molecule has 1 aliphatic rings. The number of benzene rings is 1. The topological polar surface area (TPSA) is 44.5 Å². The second-order valence-electron chi connectivity index (χ2n) is 4.71. The molecule has 2 rings (SSSR count). The molecule has 0 bridgehead atoms. The molecule has 3 nitrogen and oxygen atoms in total. The van der Waals surface area contributed by atoms with Gasteiger partial charge in [-0.2, -0.15) is 0 Å². The van der Waals surface area contributed by atoms with E-state index in [2.05, 4.69) is 12.2 Å². The Morgan fingerprint density at radius 2 is 2.17 bits per heavy atom. The van der Waals surface area contributed by atoms with Gasteiger partial charge in [0, 0.05) is 6.04 Å². The molecule has 0 heterocycles. The van der Waals surface area contributed by atoms with E-state index in [-0.39, 0.29) is 12.1 Å². The van der Waals surface area contributed by atoms with Gasteiger partial charge in [-0.15, -0.1) is 0 Å². The highest BCUT2D eigenvalue weighted by atomic mass is 16.5. The second-order valence-corrected chi connectivity index (χ2v) is 4.71. The number of hydrogen-bond donors (Lipinski definition) is 1. The summed E-state index contributed by atoms with van der Waals surface area (Å²) in [4.78, 5) is 0. The van der Waals surface area contributed by atoms with Crippen LogP contribution in [0.4, 0.5) is 0 Å². The normalized spacial score (nSPS) is 20.5. The van der Waals surface area contributed by atoms with Crippen LogP contribution in [0, 0.1) is 0 Å². The van der Waals surface area contributed by atoms with Gasteiger partial charge in [0.25, 0.3) is 0 Å². The molecule has 1 aliphatic carbocycles. The van der Waals surface area contributed by atoms with Crippen LogP contribution in [0.1, 0.15) is 37.8 Å². The van der Waals surface area contributed by atoms with Gasteiger partial charge in [0.2, 0.25) is 0 Å². The zero-order chi connectivity index (χ0) is 13.0. The van der Waals surface area contributed by atoms with E-state index >= 15 is 0 Å². The minimum absolute atomic E-state index is 0.00234. The molecular formula is C15H21NO2. The molecule has 2 N–H and O–H groups in total. The Hall–Kier alpha value is -1.48. The molecule has 0 aliphatic heterocycles. The van der Waals surface area contributed by atoms with Crippen molar-refractivity contribution in [3.63, 3.8) is 0 Å². The highest BCUT2D eigenvalue weighted by Crippen LogP contribution is 2.31. The smallest absolute Gasteiger partial charge is 0.162 e. The molecule has 1 unspecified atom stereocenters. The molecule has 0 saturated carbocycles. The minimum atomic E-state index is 0.00234. The monoisotopic (exact) mass is 247 g/mol. The molecule has 18 heavy (non-hydrogen) atoms. The van der Waals surface area contributed by atoms with Crippen molar-refractivity contribution >= 4 is 0 Å². The third-order valence-corrected chi connectivity index (χ3v) is 3.20. The van der Waals surface area contributed by atoms with Crippen LogP contribution in [0.15, 0.2) is 30.4 Å². The van der Waals surface area contributed by atoms with Crippen LogP contribution in [0.25, 0.3) is 0 Å². The van der Waals surface area contributed by atoms with Crippen molar-refractivity contribution in [3.05, 3.63) is 35.9 Å². The quantitative estimate of drug-likeness (QED) is 0.831. The van der Waals surface area contributed by atoms with E-state index in [9.17, 15) is 0 Å².